The van der Waals surface area contributed by atoms with Gasteiger partial charge in [-0.25, -0.2) is 0 Å². The van der Waals surface area contributed by atoms with Gasteiger partial charge in [-0.1, -0.05) is 32.0 Å². The van der Waals surface area contributed by atoms with Crippen molar-refractivity contribution in [3.63, 3.8) is 0 Å². The second-order valence-electron chi connectivity index (χ2n) is 5.55. The minimum atomic E-state index is -1.35. The quantitative estimate of drug-likeness (QED) is 0.785. The summed E-state index contributed by atoms with van der Waals surface area (Å²) in [5, 5.41) is 11.0. The molecule has 0 aliphatic rings. The Kier molecular flexibility index (Phi) is 6.21. The molecule has 21 heavy (non-hydrogen) atoms. The Bertz CT molecular complexity index is 466. The van der Waals surface area contributed by atoms with Crippen LogP contribution >= 0.6 is 0 Å². The third-order valence-corrected chi connectivity index (χ3v) is 3.54. The normalized spacial score (nSPS) is 15.4. The zero-order valence-electron chi connectivity index (χ0n) is 13.6. The lowest BCUT2D eigenvalue weighted by Crippen LogP contribution is -2.41. The summed E-state index contributed by atoms with van der Waals surface area (Å²) in [5.41, 5.74) is -0.745. The van der Waals surface area contributed by atoms with Gasteiger partial charge in [0, 0.05) is 5.56 Å². The van der Waals surface area contributed by atoms with Crippen molar-refractivity contribution in [1.82, 2.24) is 0 Å². The molecule has 0 saturated carbocycles. The van der Waals surface area contributed by atoms with Crippen LogP contribution in [0.15, 0.2) is 24.3 Å². The summed E-state index contributed by atoms with van der Waals surface area (Å²) in [4.78, 5) is 12.3. The second-order valence-corrected chi connectivity index (χ2v) is 5.55. The molecule has 1 N–H and O–H groups in total. The van der Waals surface area contributed by atoms with E-state index in [0.29, 0.717) is 24.5 Å². The topological polar surface area (TPSA) is 55.8 Å². The molecule has 0 aliphatic heterocycles. The number of hydrogen-bond donors (Lipinski definition) is 1. The first-order chi connectivity index (χ1) is 9.86. The molecule has 0 radical (unpaired) electrons. The van der Waals surface area contributed by atoms with E-state index < -0.39 is 11.5 Å². The van der Waals surface area contributed by atoms with Crippen molar-refractivity contribution in [2.24, 2.45) is 11.8 Å². The highest BCUT2D eigenvalue weighted by molar-refractivity contribution is 5.74. The minimum Gasteiger partial charge on any atom is -0.493 e. The Hall–Kier alpha value is -1.55. The Morgan fingerprint density at radius 2 is 1.86 bits per heavy atom. The fraction of sp³-hybridized carbons (Fsp3) is 0.588. The third-order valence-electron chi connectivity index (χ3n) is 3.54. The first-order valence-electron chi connectivity index (χ1n) is 7.47. The lowest BCUT2D eigenvalue weighted by Gasteiger charge is -2.35. The highest BCUT2D eigenvalue weighted by atomic mass is 16.5. The summed E-state index contributed by atoms with van der Waals surface area (Å²) in [6.07, 6.45) is 0. The van der Waals surface area contributed by atoms with Crippen LogP contribution in [-0.2, 0) is 15.1 Å². The number of esters is 1. The van der Waals surface area contributed by atoms with Gasteiger partial charge in [-0.05, 0) is 32.8 Å². The van der Waals surface area contributed by atoms with Gasteiger partial charge in [-0.15, -0.1) is 0 Å². The molecule has 0 saturated heterocycles. The van der Waals surface area contributed by atoms with E-state index in [1.54, 1.807) is 26.0 Å². The Labute approximate surface area is 127 Å². The fourth-order valence-corrected chi connectivity index (χ4v) is 2.72. The van der Waals surface area contributed by atoms with Gasteiger partial charge in [0.1, 0.15) is 11.4 Å². The Morgan fingerprint density at radius 1 is 1.24 bits per heavy atom. The Balaban J connectivity index is 3.25. The largest absolute Gasteiger partial charge is 0.493 e. The van der Waals surface area contributed by atoms with Gasteiger partial charge in [-0.3, -0.25) is 4.79 Å². The van der Waals surface area contributed by atoms with Gasteiger partial charge in [0.25, 0.3) is 0 Å². The molecule has 2 atom stereocenters. The lowest BCUT2D eigenvalue weighted by molar-refractivity contribution is -0.161. The fourth-order valence-electron chi connectivity index (χ4n) is 2.72. The lowest BCUT2D eigenvalue weighted by atomic mass is 9.76. The summed E-state index contributed by atoms with van der Waals surface area (Å²) in [7, 11) is 0. The van der Waals surface area contributed by atoms with Crippen LogP contribution in [0.2, 0.25) is 0 Å². The first kappa shape index (κ1) is 17.5. The van der Waals surface area contributed by atoms with Crippen molar-refractivity contribution < 1.29 is 19.4 Å². The zero-order chi connectivity index (χ0) is 16.0. The van der Waals surface area contributed by atoms with Crippen LogP contribution < -0.4 is 4.74 Å². The molecule has 1 rings (SSSR count). The van der Waals surface area contributed by atoms with Gasteiger partial charge < -0.3 is 14.6 Å². The SMILES string of the molecule is CCOC(=O)C(C(C)C)C(C)(O)c1ccccc1OCC. The maximum Gasteiger partial charge on any atom is 0.312 e. The van der Waals surface area contributed by atoms with Gasteiger partial charge in [0.2, 0.25) is 0 Å². The van der Waals surface area contributed by atoms with E-state index in [2.05, 4.69) is 0 Å². The molecule has 118 valence electrons. The monoisotopic (exact) mass is 294 g/mol. The molecular formula is C17H26O4. The number of rotatable bonds is 7. The zero-order valence-corrected chi connectivity index (χ0v) is 13.6. The number of aliphatic hydroxyl groups is 1. The molecule has 0 spiro atoms. The smallest absolute Gasteiger partial charge is 0.312 e. The van der Waals surface area contributed by atoms with Gasteiger partial charge in [0.05, 0.1) is 19.1 Å². The number of carbonyl (C=O) groups excluding carboxylic acids is 1. The number of para-hydroxylation sites is 1. The van der Waals surface area contributed by atoms with E-state index in [4.69, 9.17) is 9.47 Å². The molecule has 2 unspecified atom stereocenters. The van der Waals surface area contributed by atoms with E-state index in [1.165, 1.54) is 0 Å². The van der Waals surface area contributed by atoms with E-state index in [-0.39, 0.29) is 11.9 Å². The average molecular weight is 294 g/mol. The van der Waals surface area contributed by atoms with Crippen LogP contribution in [0.3, 0.4) is 0 Å². The van der Waals surface area contributed by atoms with Crippen LogP contribution in [0.1, 0.15) is 40.2 Å². The van der Waals surface area contributed by atoms with Crippen molar-refractivity contribution in [1.29, 1.82) is 0 Å². The van der Waals surface area contributed by atoms with Crippen LogP contribution in [-0.4, -0.2) is 24.3 Å². The summed E-state index contributed by atoms with van der Waals surface area (Å²) in [6.45, 7) is 9.89. The number of carbonyl (C=O) groups is 1. The molecule has 0 aromatic heterocycles. The van der Waals surface area contributed by atoms with E-state index in [9.17, 15) is 9.90 Å². The van der Waals surface area contributed by atoms with Crippen LogP contribution in [0.4, 0.5) is 0 Å². The van der Waals surface area contributed by atoms with Gasteiger partial charge >= 0.3 is 5.97 Å². The summed E-state index contributed by atoms with van der Waals surface area (Å²) in [6, 6.07) is 7.27. The van der Waals surface area contributed by atoms with Crippen molar-refractivity contribution in [2.45, 2.75) is 40.2 Å². The molecule has 0 heterocycles. The van der Waals surface area contributed by atoms with Crippen molar-refractivity contribution >= 4 is 5.97 Å². The maximum absolute atomic E-state index is 12.3. The molecule has 4 nitrogen and oxygen atoms in total. The molecule has 0 bridgehead atoms. The summed E-state index contributed by atoms with van der Waals surface area (Å²) >= 11 is 0. The summed E-state index contributed by atoms with van der Waals surface area (Å²) < 4.78 is 10.7. The number of hydrogen-bond acceptors (Lipinski definition) is 4. The van der Waals surface area contributed by atoms with E-state index >= 15 is 0 Å². The van der Waals surface area contributed by atoms with E-state index in [1.807, 2.05) is 32.9 Å². The van der Waals surface area contributed by atoms with Gasteiger partial charge in [-0.2, -0.15) is 0 Å². The number of ether oxygens (including phenoxy) is 2. The predicted molar refractivity (Wildman–Crippen MR) is 82.1 cm³/mol. The first-order valence-corrected chi connectivity index (χ1v) is 7.47. The molecule has 4 heteroatoms. The number of benzene rings is 1. The predicted octanol–water partition coefficient (Wildman–Crippen LogP) is 3.13. The second kappa shape index (κ2) is 7.46. The molecule has 1 aromatic rings. The van der Waals surface area contributed by atoms with Crippen molar-refractivity contribution in [3.05, 3.63) is 29.8 Å². The van der Waals surface area contributed by atoms with E-state index in [0.717, 1.165) is 0 Å². The Morgan fingerprint density at radius 3 is 2.38 bits per heavy atom. The molecule has 0 amide bonds. The van der Waals surface area contributed by atoms with Crippen LogP contribution in [0.5, 0.6) is 5.75 Å². The highest BCUT2D eigenvalue weighted by Crippen LogP contribution is 2.39. The molecule has 0 aliphatic carbocycles. The average Bonchev–Trinajstić information content (AvgIpc) is 2.39. The maximum atomic E-state index is 12.3. The van der Waals surface area contributed by atoms with Gasteiger partial charge in [0.15, 0.2) is 0 Å². The summed E-state index contributed by atoms with van der Waals surface area (Å²) in [5.74, 6) is -0.503. The van der Waals surface area contributed by atoms with Crippen molar-refractivity contribution in [2.75, 3.05) is 13.2 Å². The highest BCUT2D eigenvalue weighted by Gasteiger charge is 2.43. The standard InChI is InChI=1S/C17H26O4/c1-6-20-14-11-9-8-10-13(14)17(5,19)15(12(3)4)16(18)21-7-2/h8-12,15,19H,6-7H2,1-5H3. The molecular weight excluding hydrogens is 268 g/mol. The molecule has 1 aromatic carbocycles. The van der Waals surface area contributed by atoms with Crippen molar-refractivity contribution in [3.8, 4) is 5.75 Å². The minimum absolute atomic E-state index is 0.0614. The van der Waals surface area contributed by atoms with Crippen LogP contribution in [0, 0.1) is 11.8 Å². The third kappa shape index (κ3) is 3.97. The van der Waals surface area contributed by atoms with Crippen LogP contribution in [0.25, 0.3) is 0 Å². The molecule has 0 fully saturated rings.